The minimum Gasteiger partial charge on any atom is -0.474 e. The lowest BCUT2D eigenvalue weighted by Gasteiger charge is -2.19. The van der Waals surface area contributed by atoms with Gasteiger partial charge < -0.3 is 4.74 Å². The van der Waals surface area contributed by atoms with Gasteiger partial charge in [0.1, 0.15) is 5.75 Å². The second-order valence-electron chi connectivity index (χ2n) is 3.33. The first-order chi connectivity index (χ1) is 6.57. The minimum atomic E-state index is -0.691. The topological polar surface area (TPSA) is 39.2 Å². The number of aromatic nitrogens is 1. The molecule has 0 spiro atoms. The van der Waals surface area contributed by atoms with Crippen LogP contribution in [0.5, 0.6) is 5.75 Å². The van der Waals surface area contributed by atoms with Crippen molar-refractivity contribution >= 4 is 6.29 Å². The quantitative estimate of drug-likeness (QED) is 0.536. The van der Waals surface area contributed by atoms with Crippen molar-refractivity contribution in [2.75, 3.05) is 0 Å². The van der Waals surface area contributed by atoms with Gasteiger partial charge in [0.25, 0.3) is 0 Å². The van der Waals surface area contributed by atoms with E-state index in [2.05, 4.69) is 10.9 Å². The highest BCUT2D eigenvalue weighted by Crippen LogP contribution is 2.17. The van der Waals surface area contributed by atoms with Crippen molar-refractivity contribution in [3.63, 3.8) is 0 Å². The molecule has 14 heavy (non-hydrogen) atoms. The molecule has 0 aromatic carbocycles. The molecule has 0 fully saturated rings. The highest BCUT2D eigenvalue weighted by atomic mass is 16.5. The smallest absolute Gasteiger partial charge is 0.163 e. The fourth-order valence-electron chi connectivity index (χ4n) is 0.880. The second kappa shape index (κ2) is 3.93. The number of carbonyl (C=O) groups is 1. The third-order valence-corrected chi connectivity index (χ3v) is 1.59. The fraction of sp³-hybridized carbons (Fsp3) is 0.273. The summed E-state index contributed by atoms with van der Waals surface area (Å²) < 4.78 is 5.44. The van der Waals surface area contributed by atoms with Gasteiger partial charge in [0.2, 0.25) is 0 Å². The van der Waals surface area contributed by atoms with Crippen molar-refractivity contribution in [2.45, 2.75) is 19.4 Å². The summed E-state index contributed by atoms with van der Waals surface area (Å²) in [5.41, 5.74) is -0.223. The summed E-state index contributed by atoms with van der Waals surface area (Å²) in [5, 5.41) is 0. The molecule has 3 heteroatoms. The van der Waals surface area contributed by atoms with Gasteiger partial charge in [-0.25, -0.2) is 0 Å². The number of terminal acetylenes is 1. The van der Waals surface area contributed by atoms with Crippen LogP contribution >= 0.6 is 0 Å². The molecular formula is C11H11NO2. The number of hydrogen-bond acceptors (Lipinski definition) is 3. The maximum Gasteiger partial charge on any atom is 0.163 e. The lowest BCUT2D eigenvalue weighted by Crippen LogP contribution is -2.25. The van der Waals surface area contributed by atoms with Crippen LogP contribution in [-0.4, -0.2) is 16.9 Å². The summed E-state index contributed by atoms with van der Waals surface area (Å²) in [6.07, 6.45) is 8.95. The van der Waals surface area contributed by atoms with Crippen molar-refractivity contribution in [3.8, 4) is 18.1 Å². The van der Waals surface area contributed by atoms with E-state index in [1.54, 1.807) is 19.9 Å². The summed E-state index contributed by atoms with van der Waals surface area (Å²) in [6.45, 7) is 3.53. The minimum absolute atomic E-state index is 0.468. The van der Waals surface area contributed by atoms with Crippen LogP contribution < -0.4 is 4.74 Å². The van der Waals surface area contributed by atoms with Crippen LogP contribution in [0.2, 0.25) is 0 Å². The Morgan fingerprint density at radius 1 is 1.57 bits per heavy atom. The normalized spacial score (nSPS) is 10.4. The largest absolute Gasteiger partial charge is 0.474 e. The van der Waals surface area contributed by atoms with Crippen LogP contribution in [0.1, 0.15) is 24.2 Å². The van der Waals surface area contributed by atoms with Crippen molar-refractivity contribution in [3.05, 3.63) is 24.0 Å². The van der Waals surface area contributed by atoms with Gasteiger partial charge in [0.05, 0.1) is 6.20 Å². The van der Waals surface area contributed by atoms with E-state index in [4.69, 9.17) is 11.2 Å². The van der Waals surface area contributed by atoms with Crippen molar-refractivity contribution < 1.29 is 9.53 Å². The van der Waals surface area contributed by atoms with Crippen LogP contribution in [0, 0.1) is 12.3 Å². The lowest BCUT2D eigenvalue weighted by molar-refractivity contribution is 0.112. The van der Waals surface area contributed by atoms with Gasteiger partial charge in [0.15, 0.2) is 11.9 Å². The molecule has 1 aromatic heterocycles. The highest BCUT2D eigenvalue weighted by Gasteiger charge is 2.15. The molecule has 1 aromatic rings. The molecule has 0 aliphatic carbocycles. The molecule has 0 radical (unpaired) electrons. The molecule has 72 valence electrons. The van der Waals surface area contributed by atoms with Crippen LogP contribution in [0.3, 0.4) is 0 Å². The van der Waals surface area contributed by atoms with Crippen LogP contribution in [0.4, 0.5) is 0 Å². The average molecular weight is 189 g/mol. The van der Waals surface area contributed by atoms with Gasteiger partial charge in [-0.3, -0.25) is 9.78 Å². The maximum atomic E-state index is 10.5. The van der Waals surface area contributed by atoms with E-state index in [9.17, 15) is 4.79 Å². The summed E-state index contributed by atoms with van der Waals surface area (Å²) in [4.78, 5) is 14.3. The van der Waals surface area contributed by atoms with Crippen LogP contribution in [-0.2, 0) is 0 Å². The lowest BCUT2D eigenvalue weighted by atomic mass is 10.1. The van der Waals surface area contributed by atoms with Crippen LogP contribution in [0.15, 0.2) is 18.5 Å². The zero-order valence-electron chi connectivity index (χ0n) is 8.15. The molecule has 0 atom stereocenters. The molecule has 0 bridgehead atoms. The molecule has 1 rings (SSSR count). The highest BCUT2D eigenvalue weighted by molar-refractivity contribution is 5.74. The number of rotatable bonds is 3. The third kappa shape index (κ3) is 2.60. The molecule has 0 N–H and O–H groups in total. The average Bonchev–Trinajstić information content (AvgIpc) is 2.17. The van der Waals surface area contributed by atoms with E-state index in [0.717, 1.165) is 0 Å². The van der Waals surface area contributed by atoms with Gasteiger partial charge in [-0.15, -0.1) is 6.42 Å². The Bertz CT molecular complexity index is 377. The number of carbonyl (C=O) groups excluding carboxylic acids is 1. The first-order valence-electron chi connectivity index (χ1n) is 4.14. The molecule has 0 unspecified atom stereocenters. The molecule has 0 saturated heterocycles. The number of pyridine rings is 1. The molecule has 0 aliphatic rings. The van der Waals surface area contributed by atoms with Crippen molar-refractivity contribution in [1.82, 2.24) is 4.98 Å². The van der Waals surface area contributed by atoms with E-state index in [-0.39, 0.29) is 0 Å². The summed E-state index contributed by atoms with van der Waals surface area (Å²) in [6, 6.07) is 1.60. The Balaban J connectivity index is 2.88. The molecule has 0 saturated carbocycles. The van der Waals surface area contributed by atoms with E-state index >= 15 is 0 Å². The Hall–Kier alpha value is -1.82. The van der Waals surface area contributed by atoms with Gasteiger partial charge in [-0.05, 0) is 19.9 Å². The Kier molecular flexibility index (Phi) is 2.88. The number of hydrogen-bond donors (Lipinski definition) is 0. The Morgan fingerprint density at radius 2 is 2.29 bits per heavy atom. The molecule has 1 heterocycles. The number of aldehydes is 1. The second-order valence-corrected chi connectivity index (χ2v) is 3.33. The van der Waals surface area contributed by atoms with Gasteiger partial charge in [-0.1, -0.05) is 5.92 Å². The van der Waals surface area contributed by atoms with E-state index < -0.39 is 5.60 Å². The SMILES string of the molecule is C#CC(C)(C)Oc1cncc(C=O)c1. The monoisotopic (exact) mass is 189 g/mol. The van der Waals surface area contributed by atoms with Gasteiger partial charge >= 0.3 is 0 Å². The van der Waals surface area contributed by atoms with E-state index in [1.165, 1.54) is 12.4 Å². The zero-order valence-corrected chi connectivity index (χ0v) is 8.15. The summed E-state index contributed by atoms with van der Waals surface area (Å²) in [5.74, 6) is 2.99. The molecular weight excluding hydrogens is 178 g/mol. The predicted octanol–water partition coefficient (Wildman–Crippen LogP) is 1.68. The first kappa shape index (κ1) is 10.3. The van der Waals surface area contributed by atoms with E-state index in [0.29, 0.717) is 17.6 Å². The zero-order chi connectivity index (χ0) is 10.6. The molecule has 0 amide bonds. The number of nitrogens with zero attached hydrogens (tertiary/aromatic N) is 1. The third-order valence-electron chi connectivity index (χ3n) is 1.59. The standard InChI is InChI=1S/C11H11NO2/c1-4-11(2,3)14-10-5-9(8-13)6-12-7-10/h1,5-8H,2-3H3. The maximum absolute atomic E-state index is 10.5. The molecule has 3 nitrogen and oxygen atoms in total. The Morgan fingerprint density at radius 3 is 2.86 bits per heavy atom. The predicted molar refractivity (Wildman–Crippen MR) is 53.2 cm³/mol. The summed E-state index contributed by atoms with van der Waals surface area (Å²) >= 11 is 0. The van der Waals surface area contributed by atoms with Gasteiger partial charge in [0, 0.05) is 11.8 Å². The molecule has 0 aliphatic heterocycles. The van der Waals surface area contributed by atoms with Crippen LogP contribution in [0.25, 0.3) is 0 Å². The number of ether oxygens (including phenoxy) is 1. The van der Waals surface area contributed by atoms with Gasteiger partial charge in [-0.2, -0.15) is 0 Å². The summed E-state index contributed by atoms with van der Waals surface area (Å²) in [7, 11) is 0. The van der Waals surface area contributed by atoms with E-state index in [1.807, 2.05) is 0 Å². The van der Waals surface area contributed by atoms with Crippen molar-refractivity contribution in [2.24, 2.45) is 0 Å². The van der Waals surface area contributed by atoms with Crippen molar-refractivity contribution in [1.29, 1.82) is 0 Å². The first-order valence-corrected chi connectivity index (χ1v) is 4.14. The fourth-order valence-corrected chi connectivity index (χ4v) is 0.880. The Labute approximate surface area is 83.1 Å².